The van der Waals surface area contributed by atoms with Crippen molar-refractivity contribution in [3.8, 4) is 0 Å². The number of rotatable bonds is 9. The second-order valence-electron chi connectivity index (χ2n) is 6.02. The fourth-order valence-electron chi connectivity index (χ4n) is 3.31. The summed E-state index contributed by atoms with van der Waals surface area (Å²) in [6.07, 6.45) is 13.8. The lowest BCUT2D eigenvalue weighted by atomic mass is 9.95. The van der Waals surface area contributed by atoms with Crippen LogP contribution in [0, 0.1) is 0 Å². The summed E-state index contributed by atoms with van der Waals surface area (Å²) in [5.41, 5.74) is 5.75. The van der Waals surface area contributed by atoms with Gasteiger partial charge in [-0.15, -0.1) is 0 Å². The minimum absolute atomic E-state index is 0.767. The van der Waals surface area contributed by atoms with E-state index in [-0.39, 0.29) is 0 Å². The molecule has 0 saturated carbocycles. The van der Waals surface area contributed by atoms with Crippen molar-refractivity contribution in [3.63, 3.8) is 0 Å². The molecule has 0 aromatic rings. The van der Waals surface area contributed by atoms with Crippen molar-refractivity contribution in [2.45, 2.75) is 90.1 Å². The fourth-order valence-corrected chi connectivity index (χ4v) is 3.31. The van der Waals surface area contributed by atoms with Gasteiger partial charge in [0.2, 0.25) is 0 Å². The second-order valence-corrected chi connectivity index (χ2v) is 6.02. The van der Waals surface area contributed by atoms with Crippen molar-refractivity contribution in [1.29, 1.82) is 0 Å². The maximum absolute atomic E-state index is 5.75. The molecule has 0 aromatic heterocycles. The summed E-state index contributed by atoms with van der Waals surface area (Å²) in [5.74, 6) is 0. The van der Waals surface area contributed by atoms with E-state index < -0.39 is 0 Å². The van der Waals surface area contributed by atoms with E-state index in [1.165, 1.54) is 70.8 Å². The third kappa shape index (κ3) is 5.71. The van der Waals surface area contributed by atoms with Crippen LogP contribution in [0.2, 0.25) is 0 Å². The monoisotopic (exact) mass is 254 g/mol. The van der Waals surface area contributed by atoms with Crippen molar-refractivity contribution in [1.82, 2.24) is 4.90 Å². The highest BCUT2D eigenvalue weighted by atomic mass is 15.2. The average Bonchev–Trinajstić information content (AvgIpc) is 2.39. The maximum atomic E-state index is 5.75. The summed E-state index contributed by atoms with van der Waals surface area (Å²) in [6, 6.07) is 1.54. The predicted molar refractivity (Wildman–Crippen MR) is 80.9 cm³/mol. The number of piperidine rings is 1. The van der Waals surface area contributed by atoms with Crippen LogP contribution < -0.4 is 5.73 Å². The Labute approximate surface area is 114 Å². The first-order valence-corrected chi connectivity index (χ1v) is 8.25. The van der Waals surface area contributed by atoms with Crippen LogP contribution in [-0.4, -0.2) is 30.1 Å². The van der Waals surface area contributed by atoms with Crippen LogP contribution in [-0.2, 0) is 0 Å². The van der Waals surface area contributed by atoms with Gasteiger partial charge in [0.15, 0.2) is 0 Å². The molecular formula is C16H34N2. The Morgan fingerprint density at radius 3 is 2.67 bits per heavy atom. The highest BCUT2D eigenvalue weighted by Gasteiger charge is 2.25. The lowest BCUT2D eigenvalue weighted by Crippen LogP contribution is -2.45. The molecule has 0 spiro atoms. The Kier molecular flexibility index (Phi) is 8.70. The maximum Gasteiger partial charge on any atom is 0.0110 e. The first-order valence-electron chi connectivity index (χ1n) is 8.25. The summed E-state index contributed by atoms with van der Waals surface area (Å²) in [7, 11) is 0. The van der Waals surface area contributed by atoms with E-state index in [0.717, 1.165) is 18.6 Å². The molecule has 0 bridgehead atoms. The molecule has 2 unspecified atom stereocenters. The molecule has 1 heterocycles. The minimum atomic E-state index is 0.767. The van der Waals surface area contributed by atoms with E-state index in [1.807, 2.05) is 0 Å². The molecule has 1 aliphatic heterocycles. The van der Waals surface area contributed by atoms with Gasteiger partial charge in [0.1, 0.15) is 0 Å². The third-order valence-electron chi connectivity index (χ3n) is 4.46. The van der Waals surface area contributed by atoms with Crippen molar-refractivity contribution in [2.24, 2.45) is 5.73 Å². The molecule has 108 valence electrons. The SMILES string of the molecule is CCCCCCCC(C)N1CCCCC1CCN. The smallest absolute Gasteiger partial charge is 0.0110 e. The molecule has 0 radical (unpaired) electrons. The fraction of sp³-hybridized carbons (Fsp3) is 1.00. The van der Waals surface area contributed by atoms with E-state index in [4.69, 9.17) is 5.73 Å². The van der Waals surface area contributed by atoms with E-state index >= 15 is 0 Å². The van der Waals surface area contributed by atoms with Gasteiger partial charge in [-0.25, -0.2) is 0 Å². The molecule has 1 fully saturated rings. The lowest BCUT2D eigenvalue weighted by Gasteiger charge is -2.40. The number of likely N-dealkylation sites (tertiary alicyclic amines) is 1. The number of hydrogen-bond acceptors (Lipinski definition) is 2. The quantitative estimate of drug-likeness (QED) is 0.632. The van der Waals surface area contributed by atoms with Gasteiger partial charge >= 0.3 is 0 Å². The molecular weight excluding hydrogens is 220 g/mol. The zero-order valence-electron chi connectivity index (χ0n) is 12.7. The van der Waals surface area contributed by atoms with Gasteiger partial charge in [0.25, 0.3) is 0 Å². The van der Waals surface area contributed by atoms with Crippen molar-refractivity contribution in [2.75, 3.05) is 13.1 Å². The normalized spacial score (nSPS) is 23.2. The van der Waals surface area contributed by atoms with Crippen LogP contribution in [0.5, 0.6) is 0 Å². The second kappa shape index (κ2) is 9.80. The topological polar surface area (TPSA) is 29.3 Å². The zero-order valence-corrected chi connectivity index (χ0v) is 12.7. The van der Waals surface area contributed by atoms with Gasteiger partial charge in [0, 0.05) is 12.1 Å². The molecule has 0 aliphatic carbocycles. The number of hydrogen-bond donors (Lipinski definition) is 1. The van der Waals surface area contributed by atoms with Crippen molar-refractivity contribution >= 4 is 0 Å². The number of nitrogens with two attached hydrogens (primary N) is 1. The van der Waals surface area contributed by atoms with Crippen LogP contribution >= 0.6 is 0 Å². The standard InChI is InChI=1S/C16H34N2/c1-3-4-5-6-7-10-15(2)18-14-9-8-11-16(18)12-13-17/h15-16H,3-14,17H2,1-2H3. The molecule has 1 aliphatic rings. The number of unbranched alkanes of at least 4 members (excludes halogenated alkanes) is 4. The zero-order chi connectivity index (χ0) is 13.2. The lowest BCUT2D eigenvalue weighted by molar-refractivity contribution is 0.0924. The van der Waals surface area contributed by atoms with Crippen LogP contribution in [0.4, 0.5) is 0 Å². The molecule has 2 N–H and O–H groups in total. The molecule has 0 aromatic carbocycles. The molecule has 2 nitrogen and oxygen atoms in total. The molecule has 1 rings (SSSR count). The van der Waals surface area contributed by atoms with Gasteiger partial charge in [-0.05, 0) is 45.7 Å². The first-order chi connectivity index (χ1) is 8.79. The van der Waals surface area contributed by atoms with Gasteiger partial charge < -0.3 is 5.73 Å². The van der Waals surface area contributed by atoms with Crippen LogP contribution in [0.3, 0.4) is 0 Å². The van der Waals surface area contributed by atoms with Crippen molar-refractivity contribution in [3.05, 3.63) is 0 Å². The summed E-state index contributed by atoms with van der Waals surface area (Å²) >= 11 is 0. The number of nitrogens with zero attached hydrogens (tertiary/aromatic N) is 1. The van der Waals surface area contributed by atoms with Crippen LogP contribution in [0.15, 0.2) is 0 Å². The molecule has 2 atom stereocenters. The Bertz CT molecular complexity index is 192. The summed E-state index contributed by atoms with van der Waals surface area (Å²) in [5, 5.41) is 0. The first kappa shape index (κ1) is 16.0. The summed E-state index contributed by atoms with van der Waals surface area (Å²) < 4.78 is 0. The highest BCUT2D eigenvalue weighted by molar-refractivity contribution is 4.81. The highest BCUT2D eigenvalue weighted by Crippen LogP contribution is 2.24. The Hall–Kier alpha value is -0.0800. The van der Waals surface area contributed by atoms with E-state index in [2.05, 4.69) is 18.7 Å². The predicted octanol–water partition coefficient (Wildman–Crippen LogP) is 3.94. The Balaban J connectivity index is 2.22. The van der Waals surface area contributed by atoms with E-state index in [9.17, 15) is 0 Å². The van der Waals surface area contributed by atoms with Gasteiger partial charge in [0.05, 0.1) is 0 Å². The molecule has 2 heteroatoms. The van der Waals surface area contributed by atoms with Crippen molar-refractivity contribution < 1.29 is 0 Å². The van der Waals surface area contributed by atoms with Gasteiger partial charge in [-0.1, -0.05) is 45.4 Å². The van der Waals surface area contributed by atoms with E-state index in [0.29, 0.717) is 0 Å². The van der Waals surface area contributed by atoms with Crippen LogP contribution in [0.25, 0.3) is 0 Å². The third-order valence-corrected chi connectivity index (χ3v) is 4.46. The van der Waals surface area contributed by atoms with Crippen LogP contribution in [0.1, 0.15) is 78.1 Å². The van der Waals surface area contributed by atoms with Gasteiger partial charge in [-0.3, -0.25) is 4.90 Å². The van der Waals surface area contributed by atoms with E-state index in [1.54, 1.807) is 0 Å². The molecule has 0 amide bonds. The summed E-state index contributed by atoms with van der Waals surface area (Å²) in [4.78, 5) is 2.75. The van der Waals surface area contributed by atoms with Gasteiger partial charge in [-0.2, -0.15) is 0 Å². The molecule has 18 heavy (non-hydrogen) atoms. The Morgan fingerprint density at radius 1 is 1.17 bits per heavy atom. The minimum Gasteiger partial charge on any atom is -0.330 e. The Morgan fingerprint density at radius 2 is 1.94 bits per heavy atom. The summed E-state index contributed by atoms with van der Waals surface area (Å²) in [6.45, 7) is 6.87. The largest absolute Gasteiger partial charge is 0.330 e. The average molecular weight is 254 g/mol. The molecule has 1 saturated heterocycles.